The fraction of sp³-hybridized carbons (Fsp3) is 0.222. The van der Waals surface area contributed by atoms with Crippen molar-refractivity contribution >= 4 is 37.3 Å². The van der Waals surface area contributed by atoms with Gasteiger partial charge in [0.25, 0.3) is 5.91 Å². The molecule has 0 bridgehead atoms. The molecule has 0 saturated carbocycles. The summed E-state index contributed by atoms with van der Waals surface area (Å²) in [6.07, 6.45) is 1.77. The van der Waals surface area contributed by atoms with Gasteiger partial charge in [0.2, 0.25) is 0 Å². The number of nitriles is 1. The van der Waals surface area contributed by atoms with E-state index in [9.17, 15) is 15.0 Å². The minimum absolute atomic E-state index is 0.0301. The van der Waals surface area contributed by atoms with Gasteiger partial charge in [-0.05, 0) is 36.8 Å². The first-order valence-corrected chi connectivity index (χ1v) is 8.74. The number of nitrogens with two attached hydrogens (primary N) is 1. The van der Waals surface area contributed by atoms with E-state index in [1.807, 2.05) is 6.07 Å². The summed E-state index contributed by atoms with van der Waals surface area (Å²) in [4.78, 5) is 15.8. The molecule has 1 aromatic heterocycles. The van der Waals surface area contributed by atoms with E-state index in [0.717, 1.165) is 0 Å². The van der Waals surface area contributed by atoms with Gasteiger partial charge in [0, 0.05) is 11.9 Å². The monoisotopic (exact) mass is 412 g/mol. The number of rotatable bonds is 7. The Morgan fingerprint density at radius 2 is 2.31 bits per heavy atom. The number of carbonyl (C=O) groups excluding carboxylic acids is 1. The Labute approximate surface area is 173 Å². The Morgan fingerprint density at radius 1 is 1.59 bits per heavy atom. The molecule has 0 aliphatic carbocycles. The molecule has 0 aliphatic heterocycles. The summed E-state index contributed by atoms with van der Waals surface area (Å²) in [6, 6.07) is 8.00. The van der Waals surface area contributed by atoms with Crippen LogP contribution in [-0.4, -0.2) is 52.5 Å². The first-order chi connectivity index (χ1) is 13.6. The molecule has 29 heavy (non-hydrogen) atoms. The number of aliphatic hydroxyl groups is 2. The van der Waals surface area contributed by atoms with Crippen LogP contribution in [-0.2, 0) is 0 Å². The molecule has 2 atom stereocenters. The Kier molecular flexibility index (Phi) is 7.17. The van der Waals surface area contributed by atoms with Gasteiger partial charge in [0.15, 0.2) is 0 Å². The van der Waals surface area contributed by atoms with Crippen molar-refractivity contribution in [2.45, 2.75) is 18.7 Å². The molecule has 148 valence electrons. The zero-order chi connectivity index (χ0) is 21.6. The number of benzene rings is 1. The molecule has 0 fully saturated rings. The van der Waals surface area contributed by atoms with Crippen molar-refractivity contribution in [3.05, 3.63) is 57.9 Å². The molecule has 0 spiro atoms. The maximum atomic E-state index is 12.0. The summed E-state index contributed by atoms with van der Waals surface area (Å²) >= 11 is 5.96. The van der Waals surface area contributed by atoms with E-state index >= 15 is 0 Å². The lowest BCUT2D eigenvalue weighted by molar-refractivity contribution is 0.0879. The van der Waals surface area contributed by atoms with Crippen molar-refractivity contribution in [2.75, 3.05) is 6.54 Å². The normalized spacial score (nSPS) is 14.9. The van der Waals surface area contributed by atoms with Gasteiger partial charge in [-0.25, -0.2) is 0 Å². The number of halogens is 1. The number of nitrogens with one attached hydrogen (secondary N) is 2. The molecular formula is C18H18BClN6O3. The minimum Gasteiger partial charge on any atom is -0.398 e. The molecule has 1 amide bonds. The van der Waals surface area contributed by atoms with Gasteiger partial charge in [0.05, 0.1) is 28.9 Å². The third kappa shape index (κ3) is 6.18. The second-order valence-corrected chi connectivity index (χ2v) is 6.56. The number of hydrogen-bond acceptors (Lipinski definition) is 7. The number of H-pyrrole nitrogens is 1. The third-order valence-corrected chi connectivity index (χ3v) is 4.08. The number of amides is 1. The Hall–Kier alpha value is -3.13. The molecule has 0 aliphatic rings. The van der Waals surface area contributed by atoms with Crippen LogP contribution < -0.4 is 11.1 Å². The van der Waals surface area contributed by atoms with Crippen LogP contribution >= 0.6 is 11.6 Å². The quantitative estimate of drug-likeness (QED) is 0.330. The number of aromatic amines is 1. The second kappa shape index (κ2) is 9.38. The van der Waals surface area contributed by atoms with Crippen LogP contribution in [0.3, 0.4) is 0 Å². The lowest BCUT2D eigenvalue weighted by Gasteiger charge is -2.18. The van der Waals surface area contributed by atoms with Crippen LogP contribution in [0.1, 0.15) is 40.3 Å². The van der Waals surface area contributed by atoms with Crippen LogP contribution in [0.5, 0.6) is 0 Å². The summed E-state index contributed by atoms with van der Waals surface area (Å²) in [6.45, 7) is 1.13. The Bertz CT molecular complexity index is 994. The number of aliphatic hydroxyl groups excluding tert-OH is 1. The molecule has 2 radical (unpaired) electrons. The second-order valence-electron chi connectivity index (χ2n) is 6.15. The molecule has 9 nitrogen and oxygen atoms in total. The zero-order valence-electron chi connectivity index (χ0n) is 15.4. The van der Waals surface area contributed by atoms with Crippen LogP contribution in [0.4, 0.5) is 0 Å². The maximum Gasteiger partial charge on any atom is 0.271 e. The summed E-state index contributed by atoms with van der Waals surface area (Å²) in [5, 5.41) is 37.3. The van der Waals surface area contributed by atoms with Crippen molar-refractivity contribution in [3.8, 4) is 6.07 Å². The average Bonchev–Trinajstić information content (AvgIpc) is 3.16. The van der Waals surface area contributed by atoms with E-state index in [4.69, 9.17) is 30.4 Å². The van der Waals surface area contributed by atoms with Crippen molar-refractivity contribution < 1.29 is 15.0 Å². The third-order valence-electron chi connectivity index (χ3n) is 3.76. The summed E-state index contributed by atoms with van der Waals surface area (Å²) < 4.78 is 0. The van der Waals surface area contributed by atoms with Gasteiger partial charge in [-0.15, -0.1) is 0 Å². The van der Waals surface area contributed by atoms with Crippen molar-refractivity contribution in [1.82, 2.24) is 15.5 Å². The van der Waals surface area contributed by atoms with Gasteiger partial charge in [-0.2, -0.15) is 10.4 Å². The van der Waals surface area contributed by atoms with Crippen LogP contribution in [0.2, 0.25) is 5.02 Å². The van der Waals surface area contributed by atoms with Crippen LogP contribution in [0.15, 0.2) is 35.3 Å². The maximum absolute atomic E-state index is 12.0. The molecule has 1 aromatic carbocycles. The highest BCUT2D eigenvalue weighted by atomic mass is 35.5. The van der Waals surface area contributed by atoms with E-state index < -0.39 is 24.2 Å². The predicted octanol–water partition coefficient (Wildman–Crippen LogP) is 0.603. The molecule has 2 aromatic rings. The lowest BCUT2D eigenvalue weighted by atomic mass is 9.91. The van der Waals surface area contributed by atoms with Gasteiger partial charge in [0.1, 0.15) is 25.2 Å². The van der Waals surface area contributed by atoms with E-state index in [-0.39, 0.29) is 16.4 Å². The van der Waals surface area contributed by atoms with E-state index in [1.54, 1.807) is 6.07 Å². The highest BCUT2D eigenvalue weighted by molar-refractivity contribution is 6.31. The van der Waals surface area contributed by atoms with Crippen molar-refractivity contribution in [2.24, 2.45) is 10.7 Å². The van der Waals surface area contributed by atoms with Gasteiger partial charge < -0.3 is 21.3 Å². The highest BCUT2D eigenvalue weighted by Gasteiger charge is 2.20. The molecule has 11 heteroatoms. The fourth-order valence-corrected chi connectivity index (χ4v) is 2.36. The van der Waals surface area contributed by atoms with Gasteiger partial charge >= 0.3 is 0 Å². The smallest absolute Gasteiger partial charge is 0.271 e. The van der Waals surface area contributed by atoms with Gasteiger partial charge in [-0.3, -0.25) is 14.9 Å². The summed E-state index contributed by atoms with van der Waals surface area (Å²) in [5.74, 6) is -0.602. The fourth-order valence-electron chi connectivity index (χ4n) is 2.14. The Morgan fingerprint density at radius 3 is 2.90 bits per heavy atom. The molecule has 1 heterocycles. The van der Waals surface area contributed by atoms with Crippen LogP contribution in [0, 0.1) is 11.3 Å². The SMILES string of the molecule is [B]C(O)(CNC(=O)c1cc(C(C)O)[nH]n1)N=CC=C(N)c1ccc(C#N)c(Cl)c1. The summed E-state index contributed by atoms with van der Waals surface area (Å²) in [7, 11) is 5.63. The molecule has 2 unspecified atom stereocenters. The number of aromatic nitrogens is 2. The minimum atomic E-state index is -2.09. The number of hydrogen-bond donors (Lipinski definition) is 5. The number of nitrogens with zero attached hydrogens (tertiary/aromatic N) is 3. The zero-order valence-corrected chi connectivity index (χ0v) is 16.2. The first kappa shape index (κ1) is 22.2. The van der Waals surface area contributed by atoms with Crippen LogP contribution in [0.25, 0.3) is 5.70 Å². The molecule has 2 rings (SSSR count). The van der Waals surface area contributed by atoms with E-state index in [1.165, 1.54) is 37.4 Å². The molecule has 6 N–H and O–H groups in total. The predicted molar refractivity (Wildman–Crippen MR) is 109 cm³/mol. The average molecular weight is 413 g/mol. The Balaban J connectivity index is 1.97. The highest BCUT2D eigenvalue weighted by Crippen LogP contribution is 2.19. The van der Waals surface area contributed by atoms with Crippen molar-refractivity contribution in [3.63, 3.8) is 0 Å². The largest absolute Gasteiger partial charge is 0.398 e. The van der Waals surface area contributed by atoms with E-state index in [2.05, 4.69) is 20.5 Å². The standard InChI is InChI=1S/C18H18BClN6O3/c1-10(27)15-7-16(26-25-15)17(28)23-9-18(19,29)24-5-4-14(22)11-2-3-12(8-21)13(20)6-11/h2-7,10,27,29H,9,22H2,1H3,(H,23,28)(H,25,26). The molecule has 0 saturated heterocycles. The van der Waals surface area contributed by atoms with Crippen molar-refractivity contribution in [1.29, 1.82) is 5.26 Å². The van der Waals surface area contributed by atoms with Gasteiger partial charge in [-0.1, -0.05) is 17.7 Å². The topological polar surface area (TPSA) is 160 Å². The number of aliphatic imine (C=N–C) groups is 1. The lowest BCUT2D eigenvalue weighted by Crippen LogP contribution is -2.42. The number of carbonyl (C=O) groups is 1. The van der Waals surface area contributed by atoms with E-state index in [0.29, 0.717) is 16.8 Å². The number of allylic oxidation sites excluding steroid dienone is 1. The first-order valence-electron chi connectivity index (χ1n) is 8.37. The molecular weight excluding hydrogens is 395 g/mol. The summed E-state index contributed by atoms with van der Waals surface area (Å²) in [5.41, 5.74) is 5.39.